The van der Waals surface area contributed by atoms with Crippen molar-refractivity contribution in [3.05, 3.63) is 119 Å². The van der Waals surface area contributed by atoms with Gasteiger partial charge < -0.3 is 25.6 Å². The summed E-state index contributed by atoms with van der Waals surface area (Å²) in [5.41, 5.74) is 2.50. The Balaban J connectivity index is 1.44. The van der Waals surface area contributed by atoms with Crippen molar-refractivity contribution in [1.82, 2.24) is 10.6 Å². The maximum atomic E-state index is 14.4. The molecule has 0 radical (unpaired) electrons. The molecule has 0 bridgehead atoms. The summed E-state index contributed by atoms with van der Waals surface area (Å²) in [5, 5.41) is 29.0. The Bertz CT molecular complexity index is 1430. The Morgan fingerprint density at radius 1 is 1.00 bits per heavy atom. The topological polar surface area (TPSA) is 108 Å². The van der Waals surface area contributed by atoms with Crippen LogP contribution in [-0.2, 0) is 28.8 Å². The molecule has 1 heterocycles. The van der Waals surface area contributed by atoms with E-state index in [0.29, 0.717) is 24.8 Å². The number of carbonyl (C=O) groups excluding carboxylic acids is 2. The first kappa shape index (κ1) is 29.5. The largest absolute Gasteiger partial charge is 0.444 e. The van der Waals surface area contributed by atoms with E-state index in [4.69, 9.17) is 4.74 Å². The second-order valence-corrected chi connectivity index (χ2v) is 12.5. The highest BCUT2D eigenvalue weighted by Gasteiger charge is 2.50. The van der Waals surface area contributed by atoms with Gasteiger partial charge in [0.1, 0.15) is 11.1 Å². The number of amides is 1. The molecule has 4 N–H and O–H groups in total. The Labute approximate surface area is 247 Å². The van der Waals surface area contributed by atoms with Gasteiger partial charge in [-0.2, -0.15) is 0 Å². The lowest BCUT2D eigenvalue weighted by Gasteiger charge is -2.35. The molecule has 7 nitrogen and oxygen atoms in total. The molecule has 3 aromatic carbocycles. The predicted molar refractivity (Wildman–Crippen MR) is 162 cm³/mol. The third kappa shape index (κ3) is 6.58. The fourth-order valence-electron chi connectivity index (χ4n) is 6.21. The second kappa shape index (κ2) is 12.1. The molecule has 2 aliphatic rings. The molecule has 7 heteroatoms. The highest BCUT2D eigenvalue weighted by Crippen LogP contribution is 2.43. The monoisotopic (exact) mass is 568 g/mol. The van der Waals surface area contributed by atoms with Gasteiger partial charge in [-0.15, -0.1) is 0 Å². The minimum Gasteiger partial charge on any atom is -0.444 e. The number of ketones is 1. The molecule has 5 atom stereocenters. The lowest BCUT2D eigenvalue weighted by atomic mass is 9.76. The van der Waals surface area contributed by atoms with Gasteiger partial charge in [0, 0.05) is 30.5 Å². The molecular weight excluding hydrogens is 528 g/mol. The number of ether oxygens (including phenoxy) is 1. The quantitative estimate of drug-likeness (QED) is 0.300. The summed E-state index contributed by atoms with van der Waals surface area (Å²) >= 11 is 0. The van der Waals surface area contributed by atoms with Crippen molar-refractivity contribution in [2.24, 2.45) is 0 Å². The summed E-state index contributed by atoms with van der Waals surface area (Å²) in [6.07, 6.45) is 0.501. The zero-order valence-corrected chi connectivity index (χ0v) is 24.4. The van der Waals surface area contributed by atoms with Gasteiger partial charge in [0.25, 0.3) is 0 Å². The third-order valence-electron chi connectivity index (χ3n) is 8.11. The third-order valence-corrected chi connectivity index (χ3v) is 8.11. The fourth-order valence-corrected chi connectivity index (χ4v) is 6.21. The first-order valence-electron chi connectivity index (χ1n) is 14.6. The normalized spacial score (nSPS) is 23.0. The highest BCUT2D eigenvalue weighted by atomic mass is 16.6. The van der Waals surface area contributed by atoms with Crippen molar-refractivity contribution < 1.29 is 24.5 Å². The molecule has 1 amide bonds. The van der Waals surface area contributed by atoms with Crippen LogP contribution in [0.4, 0.5) is 4.79 Å². The van der Waals surface area contributed by atoms with Gasteiger partial charge in [-0.25, -0.2) is 4.79 Å². The summed E-state index contributed by atoms with van der Waals surface area (Å²) in [6, 6.07) is 26.4. The number of fused-ring (bicyclic) bond motifs is 1. The van der Waals surface area contributed by atoms with Crippen LogP contribution in [0.2, 0.25) is 0 Å². The van der Waals surface area contributed by atoms with Crippen molar-refractivity contribution in [2.75, 3.05) is 0 Å². The summed E-state index contributed by atoms with van der Waals surface area (Å²) in [4.78, 5) is 27.3. The minimum absolute atomic E-state index is 0.0402. The van der Waals surface area contributed by atoms with Gasteiger partial charge in [-0.05, 0) is 55.9 Å². The number of rotatable bonds is 9. The molecule has 42 heavy (non-hydrogen) atoms. The minimum atomic E-state index is -1.17. The number of benzene rings is 3. The Morgan fingerprint density at radius 2 is 1.62 bits per heavy atom. The molecule has 0 saturated carbocycles. The summed E-state index contributed by atoms with van der Waals surface area (Å²) in [6.45, 7) is 5.36. The average Bonchev–Trinajstić information content (AvgIpc) is 3.43. The molecule has 0 saturated heterocycles. The van der Waals surface area contributed by atoms with Crippen molar-refractivity contribution in [1.29, 1.82) is 0 Å². The first-order chi connectivity index (χ1) is 20.0. The van der Waals surface area contributed by atoms with E-state index in [1.165, 1.54) is 0 Å². The van der Waals surface area contributed by atoms with Crippen LogP contribution in [0.15, 0.2) is 96.7 Å². The molecule has 220 valence electrons. The van der Waals surface area contributed by atoms with Crippen LogP contribution in [-0.4, -0.2) is 51.5 Å². The zero-order chi connectivity index (χ0) is 29.9. The van der Waals surface area contributed by atoms with Crippen molar-refractivity contribution >= 4 is 11.9 Å². The number of carbonyl (C=O) groups is 2. The molecule has 0 aromatic heterocycles. The highest BCUT2D eigenvalue weighted by molar-refractivity contribution is 6.06. The number of aliphatic hydroxyl groups excluding tert-OH is 2. The molecular formula is C35H40N2O5. The molecule has 3 aromatic rings. The summed E-state index contributed by atoms with van der Waals surface area (Å²) in [5.74, 6) is -0.599. The SMILES string of the molecule is CC(C)(C)OC(=O)N[C@@H](Cc1ccccc1)[C@@H](O)C[C@]1(Cc2ccccc2)NC=C(C2c3ccccc3C[C@H]2O)C1=O. The number of aliphatic hydroxyl groups is 2. The van der Waals surface area contributed by atoms with Crippen molar-refractivity contribution in [2.45, 2.75) is 81.8 Å². The number of alkyl carbamates (subject to hydrolysis) is 1. The van der Waals surface area contributed by atoms with Gasteiger partial charge in [0.2, 0.25) is 0 Å². The molecule has 1 aliphatic heterocycles. The van der Waals surface area contributed by atoms with Gasteiger partial charge in [-0.1, -0.05) is 84.9 Å². The van der Waals surface area contributed by atoms with Crippen LogP contribution in [0.3, 0.4) is 0 Å². The summed E-state index contributed by atoms with van der Waals surface area (Å²) in [7, 11) is 0. The lowest BCUT2D eigenvalue weighted by molar-refractivity contribution is -0.122. The van der Waals surface area contributed by atoms with Gasteiger partial charge in [0.05, 0.1) is 18.2 Å². The molecule has 1 unspecified atom stereocenters. The van der Waals surface area contributed by atoms with Gasteiger partial charge >= 0.3 is 6.09 Å². The summed E-state index contributed by atoms with van der Waals surface area (Å²) < 4.78 is 5.52. The average molecular weight is 569 g/mol. The number of hydrogen-bond acceptors (Lipinski definition) is 6. The number of nitrogens with one attached hydrogen (secondary N) is 2. The molecule has 5 rings (SSSR count). The van der Waals surface area contributed by atoms with Crippen LogP contribution >= 0.6 is 0 Å². The number of Topliss-reactive ketones (excluding diaryl/α,β-unsaturated/α-hetero) is 1. The van der Waals surface area contributed by atoms with Crippen LogP contribution < -0.4 is 10.6 Å². The van der Waals surface area contributed by atoms with E-state index in [1.807, 2.05) is 84.9 Å². The van der Waals surface area contributed by atoms with Gasteiger partial charge in [0.15, 0.2) is 5.78 Å². The van der Waals surface area contributed by atoms with Gasteiger partial charge in [-0.3, -0.25) is 4.79 Å². The smallest absolute Gasteiger partial charge is 0.407 e. The van der Waals surface area contributed by atoms with Crippen LogP contribution in [0.25, 0.3) is 0 Å². The van der Waals surface area contributed by atoms with Crippen LogP contribution in [0, 0.1) is 0 Å². The Kier molecular flexibility index (Phi) is 8.53. The Hall–Kier alpha value is -3.94. The van der Waals surface area contributed by atoms with Crippen molar-refractivity contribution in [3.63, 3.8) is 0 Å². The lowest BCUT2D eigenvalue weighted by Crippen LogP contribution is -2.55. The Morgan fingerprint density at radius 3 is 2.29 bits per heavy atom. The van der Waals surface area contributed by atoms with E-state index in [2.05, 4.69) is 10.6 Å². The van der Waals surface area contributed by atoms with E-state index in [9.17, 15) is 19.8 Å². The maximum Gasteiger partial charge on any atom is 0.407 e. The number of hydrogen-bond donors (Lipinski definition) is 4. The standard InChI is InChI=1S/C35H40N2O5/c1-34(2,3)42-33(41)37-28(18-23-12-6-4-7-13-23)30(39)21-35(20-24-14-8-5-9-15-24)32(40)27(22-36-35)31-26-17-11-10-16-25(26)19-29(31)38/h4-17,22,28-31,36,38-39H,18-21H2,1-3H3,(H,37,41)/t28-,29+,30-,31?,35-/m0/s1. The molecule has 0 spiro atoms. The van der Waals surface area contributed by atoms with E-state index < -0.39 is 41.4 Å². The first-order valence-corrected chi connectivity index (χ1v) is 14.6. The van der Waals surface area contributed by atoms with Crippen LogP contribution in [0.1, 0.15) is 55.4 Å². The second-order valence-electron chi connectivity index (χ2n) is 12.5. The molecule has 1 aliphatic carbocycles. The van der Waals surface area contributed by atoms with E-state index in [1.54, 1.807) is 27.0 Å². The van der Waals surface area contributed by atoms with E-state index in [0.717, 1.165) is 22.3 Å². The predicted octanol–water partition coefficient (Wildman–Crippen LogP) is 4.61. The molecule has 0 fully saturated rings. The van der Waals surface area contributed by atoms with E-state index in [-0.39, 0.29) is 12.2 Å². The fraction of sp³-hybridized carbons (Fsp3) is 0.371. The van der Waals surface area contributed by atoms with E-state index >= 15 is 0 Å². The van der Waals surface area contributed by atoms with Crippen molar-refractivity contribution in [3.8, 4) is 0 Å². The maximum absolute atomic E-state index is 14.4. The van der Waals surface area contributed by atoms with Crippen LogP contribution in [0.5, 0.6) is 0 Å². The zero-order valence-electron chi connectivity index (χ0n) is 24.4.